The van der Waals surface area contributed by atoms with Crippen molar-refractivity contribution in [2.45, 2.75) is 12.6 Å². The lowest BCUT2D eigenvalue weighted by atomic mass is 10.1. The summed E-state index contributed by atoms with van der Waals surface area (Å²) >= 11 is 0. The molecule has 0 spiro atoms. The van der Waals surface area contributed by atoms with E-state index in [-0.39, 0.29) is 11.4 Å². The average molecular weight is 226 g/mol. The first-order chi connectivity index (χ1) is 6.73. The summed E-state index contributed by atoms with van der Waals surface area (Å²) in [5.74, 6) is 0. The molecule has 1 aromatic carbocycles. The number of rotatable bonds is 1. The maximum atomic E-state index is 12.3. The predicted octanol–water partition coefficient (Wildman–Crippen LogP) is 2.81. The molecular weight excluding hydrogens is 219 g/mol. The molecule has 1 rings (SSSR count). The van der Waals surface area contributed by atoms with Crippen molar-refractivity contribution in [2.24, 2.45) is 0 Å². The molecule has 0 aliphatic rings. The minimum absolute atomic E-state index is 0.293. The van der Waals surface area contributed by atoms with Crippen molar-refractivity contribution >= 4 is 11.4 Å². The third-order valence-corrected chi connectivity index (χ3v) is 1.80. The lowest BCUT2D eigenvalue weighted by molar-refractivity contribution is -0.139. The number of halogens is 5. The minimum Gasteiger partial charge on any atom is -0.397 e. The first kappa shape index (κ1) is 11.5. The molecule has 0 aliphatic carbocycles. The van der Waals surface area contributed by atoms with Gasteiger partial charge in [0.1, 0.15) is 0 Å². The van der Waals surface area contributed by atoms with Crippen molar-refractivity contribution in [1.82, 2.24) is 0 Å². The molecule has 0 fully saturated rings. The van der Waals surface area contributed by atoms with Gasteiger partial charge in [0.2, 0.25) is 0 Å². The van der Waals surface area contributed by atoms with Crippen LogP contribution in [0.25, 0.3) is 0 Å². The zero-order valence-electron chi connectivity index (χ0n) is 7.28. The van der Waals surface area contributed by atoms with Crippen LogP contribution in [0.4, 0.5) is 33.3 Å². The van der Waals surface area contributed by atoms with Gasteiger partial charge in [0.05, 0.1) is 16.9 Å². The molecule has 0 aromatic heterocycles. The largest absolute Gasteiger partial charge is 0.416 e. The highest BCUT2D eigenvalue weighted by atomic mass is 19.4. The fraction of sp³-hybridized carbons (Fsp3) is 0.250. The zero-order chi connectivity index (χ0) is 11.8. The van der Waals surface area contributed by atoms with E-state index in [1.165, 1.54) is 0 Å². The molecule has 0 heterocycles. The van der Waals surface area contributed by atoms with Crippen LogP contribution in [0.1, 0.15) is 17.6 Å². The molecule has 0 bridgehead atoms. The second-order valence-electron chi connectivity index (χ2n) is 2.87. The third kappa shape index (κ3) is 2.28. The molecule has 0 radical (unpaired) electrons. The maximum absolute atomic E-state index is 12.3. The number of alkyl halides is 5. The standard InChI is InChI=1S/C8H7F5N2/c9-7(10)3-1-5(14)6(15)2-4(3)8(11,12)13/h1-2,7H,14-15H2. The molecule has 0 saturated carbocycles. The summed E-state index contributed by atoms with van der Waals surface area (Å²) in [5.41, 5.74) is 6.99. The van der Waals surface area contributed by atoms with Crippen molar-refractivity contribution in [3.8, 4) is 0 Å². The smallest absolute Gasteiger partial charge is 0.397 e. The molecule has 0 saturated heterocycles. The molecule has 2 nitrogen and oxygen atoms in total. The molecule has 84 valence electrons. The van der Waals surface area contributed by atoms with Gasteiger partial charge in [-0.15, -0.1) is 0 Å². The van der Waals surface area contributed by atoms with E-state index in [4.69, 9.17) is 11.5 Å². The van der Waals surface area contributed by atoms with Gasteiger partial charge in [-0.2, -0.15) is 13.2 Å². The zero-order valence-corrected chi connectivity index (χ0v) is 7.28. The van der Waals surface area contributed by atoms with Gasteiger partial charge in [-0.3, -0.25) is 0 Å². The lowest BCUT2D eigenvalue weighted by Crippen LogP contribution is -2.11. The summed E-state index contributed by atoms with van der Waals surface area (Å²) in [4.78, 5) is 0. The highest BCUT2D eigenvalue weighted by Crippen LogP contribution is 2.39. The van der Waals surface area contributed by atoms with Crippen molar-refractivity contribution < 1.29 is 22.0 Å². The number of hydrogen-bond acceptors (Lipinski definition) is 2. The highest BCUT2D eigenvalue weighted by molar-refractivity contribution is 5.66. The molecule has 0 amide bonds. The molecule has 15 heavy (non-hydrogen) atoms. The van der Waals surface area contributed by atoms with Crippen molar-refractivity contribution in [2.75, 3.05) is 11.5 Å². The third-order valence-electron chi connectivity index (χ3n) is 1.80. The van der Waals surface area contributed by atoms with Crippen LogP contribution >= 0.6 is 0 Å². The summed E-state index contributed by atoms with van der Waals surface area (Å²) in [6.45, 7) is 0. The van der Waals surface area contributed by atoms with Gasteiger partial charge in [-0.1, -0.05) is 0 Å². The Morgan fingerprint density at radius 2 is 1.47 bits per heavy atom. The van der Waals surface area contributed by atoms with Crippen LogP contribution in [0.5, 0.6) is 0 Å². The van der Waals surface area contributed by atoms with Crippen LogP contribution in [0, 0.1) is 0 Å². The maximum Gasteiger partial charge on any atom is 0.416 e. The van der Waals surface area contributed by atoms with Crippen molar-refractivity contribution in [1.29, 1.82) is 0 Å². The number of nitrogens with two attached hydrogens (primary N) is 2. The molecule has 0 aliphatic heterocycles. The number of anilines is 2. The van der Waals surface area contributed by atoms with Gasteiger partial charge in [0.25, 0.3) is 6.43 Å². The van der Waals surface area contributed by atoms with E-state index in [1.807, 2.05) is 0 Å². The van der Waals surface area contributed by atoms with Crippen LogP contribution in [0.15, 0.2) is 12.1 Å². The molecule has 1 aromatic rings. The molecular formula is C8H7F5N2. The minimum atomic E-state index is -4.87. The summed E-state index contributed by atoms with van der Waals surface area (Å²) in [7, 11) is 0. The number of nitrogen functional groups attached to an aromatic ring is 2. The van der Waals surface area contributed by atoms with Crippen molar-refractivity contribution in [3.05, 3.63) is 23.3 Å². The van der Waals surface area contributed by atoms with Crippen LogP contribution < -0.4 is 11.5 Å². The first-order valence-electron chi connectivity index (χ1n) is 3.77. The fourth-order valence-corrected chi connectivity index (χ4v) is 1.08. The summed E-state index contributed by atoms with van der Waals surface area (Å²) in [6.07, 6.45) is -8.11. The van der Waals surface area contributed by atoms with E-state index in [2.05, 4.69) is 0 Å². The molecule has 0 atom stereocenters. The Balaban J connectivity index is 3.42. The Hall–Kier alpha value is -1.53. The second-order valence-corrected chi connectivity index (χ2v) is 2.87. The van der Waals surface area contributed by atoms with E-state index in [0.717, 1.165) is 0 Å². The fourth-order valence-electron chi connectivity index (χ4n) is 1.08. The van der Waals surface area contributed by atoms with E-state index < -0.39 is 23.7 Å². The Morgan fingerprint density at radius 3 is 1.87 bits per heavy atom. The Morgan fingerprint density at radius 1 is 1.00 bits per heavy atom. The average Bonchev–Trinajstić information content (AvgIpc) is 2.06. The lowest BCUT2D eigenvalue weighted by Gasteiger charge is -2.14. The van der Waals surface area contributed by atoms with E-state index >= 15 is 0 Å². The van der Waals surface area contributed by atoms with E-state index in [1.54, 1.807) is 0 Å². The summed E-state index contributed by atoms with van der Waals surface area (Å²) in [5, 5.41) is 0. The predicted molar refractivity (Wildman–Crippen MR) is 45.2 cm³/mol. The Labute approximate surface area is 81.7 Å². The van der Waals surface area contributed by atoms with Crippen LogP contribution in [-0.4, -0.2) is 0 Å². The summed E-state index contributed by atoms with van der Waals surface area (Å²) in [6, 6.07) is 0.958. The monoisotopic (exact) mass is 226 g/mol. The van der Waals surface area contributed by atoms with Crippen LogP contribution in [-0.2, 0) is 6.18 Å². The van der Waals surface area contributed by atoms with E-state index in [9.17, 15) is 22.0 Å². The van der Waals surface area contributed by atoms with Gasteiger partial charge in [-0.05, 0) is 12.1 Å². The van der Waals surface area contributed by atoms with E-state index in [0.29, 0.717) is 12.1 Å². The molecule has 7 heteroatoms. The highest BCUT2D eigenvalue weighted by Gasteiger charge is 2.36. The van der Waals surface area contributed by atoms with Gasteiger partial charge in [-0.25, -0.2) is 8.78 Å². The topological polar surface area (TPSA) is 52.0 Å². The normalized spacial score (nSPS) is 12.1. The first-order valence-corrected chi connectivity index (χ1v) is 3.77. The number of hydrogen-bond donors (Lipinski definition) is 2. The SMILES string of the molecule is Nc1cc(C(F)F)c(C(F)(F)F)cc1N. The Kier molecular flexibility index (Phi) is 2.74. The number of benzene rings is 1. The van der Waals surface area contributed by atoms with Gasteiger partial charge in [0.15, 0.2) is 0 Å². The van der Waals surface area contributed by atoms with Crippen LogP contribution in [0.2, 0.25) is 0 Å². The van der Waals surface area contributed by atoms with Crippen molar-refractivity contribution in [3.63, 3.8) is 0 Å². The van der Waals surface area contributed by atoms with Crippen LogP contribution in [0.3, 0.4) is 0 Å². The molecule has 0 unspecified atom stereocenters. The Bertz CT molecular complexity index is 372. The second kappa shape index (κ2) is 3.56. The summed E-state index contributed by atoms with van der Waals surface area (Å²) < 4.78 is 61.4. The van der Waals surface area contributed by atoms with Gasteiger partial charge in [0, 0.05) is 5.56 Å². The van der Waals surface area contributed by atoms with Gasteiger partial charge >= 0.3 is 6.18 Å². The van der Waals surface area contributed by atoms with Gasteiger partial charge < -0.3 is 11.5 Å². The quantitative estimate of drug-likeness (QED) is 0.571. The molecule has 4 N–H and O–H groups in total.